The normalized spacial score (nSPS) is 9.81. The third kappa shape index (κ3) is 2.82. The maximum Gasteiger partial charge on any atom is 0.348 e. The van der Waals surface area contributed by atoms with Crippen molar-refractivity contribution in [1.82, 2.24) is 0 Å². The molecule has 0 radical (unpaired) electrons. The van der Waals surface area contributed by atoms with E-state index in [0.717, 1.165) is 10.6 Å². The number of esters is 1. The van der Waals surface area contributed by atoms with Crippen molar-refractivity contribution in [1.29, 1.82) is 0 Å². The Hall–Kier alpha value is -1.36. The van der Waals surface area contributed by atoms with Crippen molar-refractivity contribution in [2.75, 3.05) is 40.2 Å². The molecule has 0 aromatic carbocycles. The van der Waals surface area contributed by atoms with Gasteiger partial charge in [0.05, 0.1) is 12.7 Å². The topological polar surface area (TPSA) is 32.6 Å². The minimum absolute atomic E-state index is 0.286. The van der Waals surface area contributed by atoms with Gasteiger partial charge in [-0.25, -0.2) is 9.37 Å². The monoisotopic (exact) mass is 241 g/mol. The molecule has 0 saturated carbocycles. The fourth-order valence-corrected chi connectivity index (χ4v) is 2.29. The van der Waals surface area contributed by atoms with Crippen molar-refractivity contribution in [2.24, 2.45) is 0 Å². The van der Waals surface area contributed by atoms with Crippen LogP contribution in [0.4, 0.5) is 5.00 Å². The Morgan fingerprint density at radius 3 is 2.56 bits per heavy atom. The number of carbonyl (C=O) groups excluding carboxylic acids is 1. The molecule has 0 N–H and O–H groups in total. The second kappa shape index (κ2) is 5.12. The first-order chi connectivity index (χ1) is 7.45. The molecule has 1 aromatic rings. The zero-order valence-electron chi connectivity index (χ0n) is 10.3. The summed E-state index contributed by atoms with van der Waals surface area (Å²) in [6.07, 6.45) is 1.98. The van der Waals surface area contributed by atoms with Crippen molar-refractivity contribution < 1.29 is 14.1 Å². The minimum atomic E-state index is -0.286. The fraction of sp³-hybridized carbons (Fsp3) is 0.455. The molecule has 0 amide bonds. The Balaban J connectivity index is 3.20. The predicted molar refractivity (Wildman–Crippen MR) is 67.3 cm³/mol. The lowest BCUT2D eigenvalue weighted by molar-refractivity contribution is -0.458. The van der Waals surface area contributed by atoms with Crippen LogP contribution in [0, 0.1) is 0 Å². The first-order valence-electron chi connectivity index (χ1n) is 4.86. The second-order valence-electron chi connectivity index (χ2n) is 3.85. The van der Waals surface area contributed by atoms with Gasteiger partial charge in [-0.1, -0.05) is 0 Å². The van der Waals surface area contributed by atoms with Gasteiger partial charge >= 0.3 is 5.97 Å². The molecule has 0 bridgehead atoms. The first kappa shape index (κ1) is 12.7. The van der Waals surface area contributed by atoms with Gasteiger partial charge in [0.25, 0.3) is 0 Å². The molecular formula is C11H17N2O2S+. The predicted octanol–water partition coefficient (Wildman–Crippen LogP) is 1.29. The van der Waals surface area contributed by atoms with E-state index in [-0.39, 0.29) is 5.97 Å². The number of carbonyl (C=O) groups is 1. The summed E-state index contributed by atoms with van der Waals surface area (Å²) >= 11 is 1.44. The summed E-state index contributed by atoms with van der Waals surface area (Å²) in [5.74, 6) is -0.286. The molecule has 1 aromatic heterocycles. The standard InChI is InChI=1S/C11H17N2O2S/c1-12(2)7-8-6-9(11(14)15-5)16-10(8)13(3)4/h6-7H,1-5H3/q+1. The maximum atomic E-state index is 11.4. The highest BCUT2D eigenvalue weighted by Crippen LogP contribution is 2.29. The van der Waals surface area contributed by atoms with Gasteiger partial charge in [0.2, 0.25) is 0 Å². The van der Waals surface area contributed by atoms with E-state index < -0.39 is 0 Å². The molecule has 16 heavy (non-hydrogen) atoms. The SMILES string of the molecule is COC(=O)c1cc(C=[N+](C)C)c(N(C)C)s1. The minimum Gasteiger partial charge on any atom is -0.465 e. The molecule has 1 rings (SSSR count). The van der Waals surface area contributed by atoms with Crippen molar-refractivity contribution in [3.05, 3.63) is 16.5 Å². The molecule has 0 aliphatic rings. The van der Waals surface area contributed by atoms with E-state index in [4.69, 9.17) is 4.74 Å². The number of rotatable bonds is 3. The third-order valence-electron chi connectivity index (χ3n) is 1.93. The molecule has 0 aliphatic carbocycles. The van der Waals surface area contributed by atoms with E-state index in [2.05, 4.69) is 0 Å². The quantitative estimate of drug-likeness (QED) is 0.454. The number of ether oxygens (including phenoxy) is 1. The van der Waals surface area contributed by atoms with Crippen LogP contribution >= 0.6 is 11.3 Å². The highest BCUT2D eigenvalue weighted by Gasteiger charge is 2.16. The number of hydrogen-bond donors (Lipinski definition) is 0. The molecule has 0 fully saturated rings. The van der Waals surface area contributed by atoms with Gasteiger partial charge in [0.1, 0.15) is 24.0 Å². The van der Waals surface area contributed by atoms with Gasteiger partial charge in [0.15, 0.2) is 6.21 Å². The first-order valence-corrected chi connectivity index (χ1v) is 5.68. The van der Waals surface area contributed by atoms with Gasteiger partial charge in [-0.15, -0.1) is 11.3 Å². The molecule has 88 valence electrons. The number of thiophene rings is 1. The van der Waals surface area contributed by atoms with Crippen LogP contribution in [0.2, 0.25) is 0 Å². The lowest BCUT2D eigenvalue weighted by Gasteiger charge is -2.09. The van der Waals surface area contributed by atoms with Crippen LogP contribution in [0.15, 0.2) is 6.07 Å². The van der Waals surface area contributed by atoms with E-state index in [1.54, 1.807) is 0 Å². The smallest absolute Gasteiger partial charge is 0.348 e. The Morgan fingerprint density at radius 2 is 2.12 bits per heavy atom. The second-order valence-corrected chi connectivity index (χ2v) is 4.88. The largest absolute Gasteiger partial charge is 0.465 e. The average molecular weight is 241 g/mol. The van der Waals surface area contributed by atoms with Crippen molar-refractivity contribution >= 4 is 28.5 Å². The Morgan fingerprint density at radius 1 is 1.50 bits per heavy atom. The van der Waals surface area contributed by atoms with Gasteiger partial charge in [-0.05, 0) is 6.07 Å². The molecule has 5 heteroatoms. The molecule has 0 aliphatic heterocycles. The van der Waals surface area contributed by atoms with Crippen LogP contribution < -0.4 is 4.90 Å². The molecular weight excluding hydrogens is 224 g/mol. The van der Waals surface area contributed by atoms with Gasteiger partial charge in [0, 0.05) is 14.1 Å². The van der Waals surface area contributed by atoms with Crippen LogP contribution in [0.1, 0.15) is 15.2 Å². The Labute approximate surface area is 99.8 Å². The number of methoxy groups -OCH3 is 1. The van der Waals surface area contributed by atoms with Crippen LogP contribution in [-0.2, 0) is 4.74 Å². The maximum absolute atomic E-state index is 11.4. The van der Waals surface area contributed by atoms with Gasteiger partial charge in [-0.2, -0.15) is 0 Å². The van der Waals surface area contributed by atoms with Crippen LogP contribution in [0.3, 0.4) is 0 Å². The van der Waals surface area contributed by atoms with Gasteiger partial charge < -0.3 is 9.64 Å². The summed E-state index contributed by atoms with van der Waals surface area (Å²) in [6.45, 7) is 0. The van der Waals surface area contributed by atoms with Gasteiger partial charge in [-0.3, -0.25) is 0 Å². The van der Waals surface area contributed by atoms with Crippen LogP contribution in [0.25, 0.3) is 0 Å². The van der Waals surface area contributed by atoms with E-state index in [1.165, 1.54) is 18.4 Å². The molecule has 0 spiro atoms. The average Bonchev–Trinajstić information content (AvgIpc) is 2.59. The third-order valence-corrected chi connectivity index (χ3v) is 3.23. The Kier molecular flexibility index (Phi) is 4.06. The Bertz CT molecular complexity index is 418. The highest BCUT2D eigenvalue weighted by molar-refractivity contribution is 7.18. The number of anilines is 1. The molecule has 1 heterocycles. The summed E-state index contributed by atoms with van der Waals surface area (Å²) in [5, 5.41) is 1.05. The molecule has 4 nitrogen and oxygen atoms in total. The highest BCUT2D eigenvalue weighted by atomic mass is 32.1. The summed E-state index contributed by atoms with van der Waals surface area (Å²) in [5.41, 5.74) is 1.03. The lowest BCUT2D eigenvalue weighted by atomic mass is 10.3. The molecule has 0 atom stereocenters. The lowest BCUT2D eigenvalue weighted by Crippen LogP contribution is -2.10. The molecule has 0 unspecified atom stereocenters. The zero-order chi connectivity index (χ0) is 12.3. The van der Waals surface area contributed by atoms with Crippen LogP contribution in [0.5, 0.6) is 0 Å². The van der Waals surface area contributed by atoms with E-state index in [0.29, 0.717) is 4.88 Å². The number of hydrogen-bond acceptors (Lipinski definition) is 4. The van der Waals surface area contributed by atoms with E-state index in [9.17, 15) is 4.79 Å². The van der Waals surface area contributed by atoms with E-state index >= 15 is 0 Å². The summed E-state index contributed by atoms with van der Waals surface area (Å²) in [4.78, 5) is 14.0. The summed E-state index contributed by atoms with van der Waals surface area (Å²) in [7, 11) is 9.22. The van der Waals surface area contributed by atoms with Crippen molar-refractivity contribution in [3.8, 4) is 0 Å². The van der Waals surface area contributed by atoms with Crippen molar-refractivity contribution in [2.45, 2.75) is 0 Å². The summed E-state index contributed by atoms with van der Waals surface area (Å²) in [6, 6.07) is 1.85. The van der Waals surface area contributed by atoms with E-state index in [1.807, 2.05) is 49.9 Å². The van der Waals surface area contributed by atoms with Crippen LogP contribution in [-0.4, -0.2) is 52.1 Å². The molecule has 0 saturated heterocycles. The summed E-state index contributed by atoms with van der Waals surface area (Å²) < 4.78 is 6.67. The fourth-order valence-electron chi connectivity index (χ4n) is 1.32. The zero-order valence-corrected chi connectivity index (χ0v) is 11.1. The number of nitrogens with zero attached hydrogens (tertiary/aromatic N) is 2. The van der Waals surface area contributed by atoms with Crippen molar-refractivity contribution in [3.63, 3.8) is 0 Å².